The first-order valence-corrected chi connectivity index (χ1v) is 9.95. The van der Waals surface area contributed by atoms with E-state index in [1.165, 1.54) is 16.7 Å². The smallest absolute Gasteiger partial charge is 0.132 e. The van der Waals surface area contributed by atoms with E-state index < -0.39 is 6.10 Å². The molecule has 1 unspecified atom stereocenters. The lowest BCUT2D eigenvalue weighted by molar-refractivity contribution is 0.127. The van der Waals surface area contributed by atoms with Crippen LogP contribution in [0.3, 0.4) is 0 Å². The second-order valence-electron chi connectivity index (χ2n) is 7.95. The van der Waals surface area contributed by atoms with Crippen molar-refractivity contribution < 1.29 is 5.11 Å². The van der Waals surface area contributed by atoms with Gasteiger partial charge in [0.2, 0.25) is 0 Å². The van der Waals surface area contributed by atoms with E-state index in [-0.39, 0.29) is 5.92 Å². The van der Waals surface area contributed by atoms with Crippen LogP contribution in [0.5, 0.6) is 0 Å². The van der Waals surface area contributed by atoms with E-state index in [1.54, 1.807) is 0 Å². The number of nitrogens with zero attached hydrogens (tertiary/aromatic N) is 3. The lowest BCUT2D eigenvalue weighted by atomic mass is 9.91. The van der Waals surface area contributed by atoms with Crippen LogP contribution in [-0.2, 0) is 12.8 Å². The Hall–Kier alpha value is -3.03. The summed E-state index contributed by atoms with van der Waals surface area (Å²) in [6.45, 7) is 8.24. The van der Waals surface area contributed by atoms with Gasteiger partial charge in [0.1, 0.15) is 5.82 Å². The van der Waals surface area contributed by atoms with E-state index in [0.717, 1.165) is 29.1 Å². The topological polar surface area (TPSA) is 69.8 Å². The predicted octanol–water partition coefficient (Wildman–Crippen LogP) is 4.84. The van der Waals surface area contributed by atoms with Crippen molar-refractivity contribution in [2.75, 3.05) is 0 Å². The van der Waals surface area contributed by atoms with Gasteiger partial charge in [0.25, 0.3) is 0 Å². The zero-order valence-electron chi connectivity index (χ0n) is 17.5. The quantitative estimate of drug-likeness (QED) is 0.659. The predicted molar refractivity (Wildman–Crippen MR) is 115 cm³/mol. The van der Waals surface area contributed by atoms with Gasteiger partial charge in [-0.15, -0.1) is 0 Å². The van der Waals surface area contributed by atoms with Gasteiger partial charge in [0.15, 0.2) is 0 Å². The van der Waals surface area contributed by atoms with Crippen LogP contribution in [0.4, 0.5) is 0 Å². The molecule has 0 saturated carbocycles. The molecule has 29 heavy (non-hydrogen) atoms. The Bertz CT molecular complexity index is 1010. The number of aliphatic hydroxyl groups is 1. The molecule has 1 N–H and O–H groups in total. The summed E-state index contributed by atoms with van der Waals surface area (Å²) < 4.78 is 0. The molecule has 0 aliphatic heterocycles. The normalized spacial score (nSPS) is 12.0. The van der Waals surface area contributed by atoms with Crippen LogP contribution in [0.1, 0.15) is 64.9 Å². The molecule has 0 amide bonds. The molecule has 3 aromatic rings. The van der Waals surface area contributed by atoms with Gasteiger partial charge < -0.3 is 5.11 Å². The van der Waals surface area contributed by atoms with Crippen molar-refractivity contribution >= 4 is 0 Å². The Labute approximate surface area is 172 Å². The highest BCUT2D eigenvalue weighted by atomic mass is 16.3. The zero-order chi connectivity index (χ0) is 21.0. The number of aromatic nitrogens is 2. The SMILES string of the molecule is Cc1cc(C(O)C(C)C)cc(C)c1Cc1ccnc(Cc2ccc(C#N)cc2)n1. The van der Waals surface area contributed by atoms with Gasteiger partial charge in [-0.1, -0.05) is 38.1 Å². The highest BCUT2D eigenvalue weighted by Gasteiger charge is 2.15. The molecule has 1 atom stereocenters. The average molecular weight is 386 g/mol. The van der Waals surface area contributed by atoms with E-state index >= 15 is 0 Å². The average Bonchev–Trinajstić information content (AvgIpc) is 2.70. The van der Waals surface area contributed by atoms with Crippen molar-refractivity contribution in [1.82, 2.24) is 9.97 Å². The summed E-state index contributed by atoms with van der Waals surface area (Å²) in [6, 6.07) is 15.8. The molecule has 0 bridgehead atoms. The van der Waals surface area contributed by atoms with Gasteiger partial charge in [0.05, 0.1) is 17.7 Å². The molecule has 0 aliphatic rings. The number of aliphatic hydroxyl groups excluding tert-OH is 1. The molecule has 0 fully saturated rings. The van der Waals surface area contributed by atoms with Gasteiger partial charge in [0, 0.05) is 24.7 Å². The van der Waals surface area contributed by atoms with Crippen LogP contribution >= 0.6 is 0 Å². The summed E-state index contributed by atoms with van der Waals surface area (Å²) in [5.74, 6) is 0.959. The van der Waals surface area contributed by atoms with Crippen LogP contribution in [-0.4, -0.2) is 15.1 Å². The minimum Gasteiger partial charge on any atom is -0.388 e. The van der Waals surface area contributed by atoms with E-state index in [1.807, 2.05) is 50.4 Å². The molecule has 148 valence electrons. The largest absolute Gasteiger partial charge is 0.388 e. The lowest BCUT2D eigenvalue weighted by Crippen LogP contribution is -2.08. The maximum Gasteiger partial charge on any atom is 0.132 e. The fourth-order valence-electron chi connectivity index (χ4n) is 3.55. The van der Waals surface area contributed by atoms with Crippen molar-refractivity contribution in [2.45, 2.75) is 46.6 Å². The van der Waals surface area contributed by atoms with Crippen LogP contribution < -0.4 is 0 Å². The van der Waals surface area contributed by atoms with Gasteiger partial charge >= 0.3 is 0 Å². The highest BCUT2D eigenvalue weighted by Crippen LogP contribution is 2.27. The minimum atomic E-state index is -0.445. The molecule has 0 spiro atoms. The van der Waals surface area contributed by atoms with Crippen LogP contribution in [0, 0.1) is 31.1 Å². The first-order valence-electron chi connectivity index (χ1n) is 9.95. The van der Waals surface area contributed by atoms with E-state index in [9.17, 15) is 5.11 Å². The standard InChI is InChI=1S/C25H27N3O/c1-16(2)25(29)21-11-17(3)23(18(4)12-21)14-22-9-10-27-24(28-22)13-19-5-7-20(15-26)8-6-19/h5-12,16,25,29H,13-14H2,1-4H3. The maximum absolute atomic E-state index is 10.4. The Morgan fingerprint density at radius 3 is 2.24 bits per heavy atom. The number of aryl methyl sites for hydroxylation is 2. The van der Waals surface area contributed by atoms with E-state index in [2.05, 4.69) is 37.0 Å². The third-order valence-corrected chi connectivity index (χ3v) is 5.26. The van der Waals surface area contributed by atoms with Gasteiger partial charge in [-0.2, -0.15) is 5.26 Å². The molecule has 0 saturated heterocycles. The molecule has 4 nitrogen and oxygen atoms in total. The van der Waals surface area contributed by atoms with Gasteiger partial charge in [-0.05, 0) is 65.8 Å². The molecule has 0 radical (unpaired) electrons. The fraction of sp³-hybridized carbons (Fsp3) is 0.320. The van der Waals surface area contributed by atoms with E-state index in [4.69, 9.17) is 10.2 Å². The van der Waals surface area contributed by atoms with Crippen molar-refractivity contribution in [3.8, 4) is 6.07 Å². The van der Waals surface area contributed by atoms with Crippen molar-refractivity contribution in [3.63, 3.8) is 0 Å². The molecule has 4 heteroatoms. The first-order chi connectivity index (χ1) is 13.9. The fourth-order valence-corrected chi connectivity index (χ4v) is 3.55. The summed E-state index contributed by atoms with van der Waals surface area (Å²) in [4.78, 5) is 9.16. The molecule has 1 aromatic heterocycles. The number of hydrogen-bond acceptors (Lipinski definition) is 4. The van der Waals surface area contributed by atoms with Crippen LogP contribution in [0.15, 0.2) is 48.7 Å². The van der Waals surface area contributed by atoms with Crippen LogP contribution in [0.25, 0.3) is 0 Å². The Kier molecular flexibility index (Phi) is 6.41. The van der Waals surface area contributed by atoms with Crippen molar-refractivity contribution in [3.05, 3.63) is 93.6 Å². The Morgan fingerprint density at radius 2 is 1.66 bits per heavy atom. The summed E-state index contributed by atoms with van der Waals surface area (Å²) in [5.41, 5.74) is 7.28. The molecule has 2 aromatic carbocycles. The molecule has 1 heterocycles. The van der Waals surface area contributed by atoms with Gasteiger partial charge in [-0.25, -0.2) is 9.97 Å². The summed E-state index contributed by atoms with van der Waals surface area (Å²) in [6.07, 6.45) is 2.73. The number of rotatable bonds is 6. The van der Waals surface area contributed by atoms with Crippen molar-refractivity contribution in [2.24, 2.45) is 5.92 Å². The van der Waals surface area contributed by atoms with E-state index in [0.29, 0.717) is 12.0 Å². The molecule has 0 aliphatic carbocycles. The molecular weight excluding hydrogens is 358 g/mol. The number of nitriles is 1. The molecular formula is C25H27N3O. The van der Waals surface area contributed by atoms with Crippen LogP contribution in [0.2, 0.25) is 0 Å². The summed E-state index contributed by atoms with van der Waals surface area (Å²) >= 11 is 0. The minimum absolute atomic E-state index is 0.186. The Balaban J connectivity index is 1.80. The monoisotopic (exact) mass is 385 g/mol. The Morgan fingerprint density at radius 1 is 1.00 bits per heavy atom. The van der Waals surface area contributed by atoms with Crippen molar-refractivity contribution in [1.29, 1.82) is 5.26 Å². The first kappa shape index (κ1) is 20.7. The van der Waals surface area contributed by atoms with Gasteiger partial charge in [-0.3, -0.25) is 0 Å². The lowest BCUT2D eigenvalue weighted by Gasteiger charge is -2.19. The summed E-state index contributed by atoms with van der Waals surface area (Å²) in [5, 5.41) is 19.3. The third-order valence-electron chi connectivity index (χ3n) is 5.26. The zero-order valence-corrected chi connectivity index (χ0v) is 17.5. The second kappa shape index (κ2) is 8.98. The highest BCUT2D eigenvalue weighted by molar-refractivity contribution is 5.41. The third kappa shape index (κ3) is 5.07. The maximum atomic E-state index is 10.4. The second-order valence-corrected chi connectivity index (χ2v) is 7.95. The molecule has 3 rings (SSSR count). The summed E-state index contributed by atoms with van der Waals surface area (Å²) in [7, 11) is 0. The number of hydrogen-bond donors (Lipinski definition) is 1. The number of benzene rings is 2.